The fourth-order valence-corrected chi connectivity index (χ4v) is 6.04. The van der Waals surface area contributed by atoms with Gasteiger partial charge in [-0.15, -0.1) is 0 Å². The zero-order chi connectivity index (χ0) is 18.1. The highest BCUT2D eigenvalue weighted by molar-refractivity contribution is 6.10. The molecule has 1 aliphatic heterocycles. The lowest BCUT2D eigenvalue weighted by Gasteiger charge is -2.24. The second kappa shape index (κ2) is 5.07. The highest BCUT2D eigenvalue weighted by Crippen LogP contribution is 2.82. The molecule has 4 aliphatic carbocycles. The van der Waals surface area contributed by atoms with Gasteiger partial charge in [0.2, 0.25) is 5.91 Å². The standard InChI is InChI=1S/C19H21N3O4/c23-9-12(6-10-4-2-1-3-5-10)20-15(24)18-8-11-7-13(18)14(18)19(11)16(25)21-17(26)22-19/h1-5,11-14,23H,6-9H2,(H,20,24)(H2,21,22,25,26)/t11-,12+,13+,14+,18-,19-/m0/s1. The van der Waals surface area contributed by atoms with E-state index in [0.29, 0.717) is 12.8 Å². The van der Waals surface area contributed by atoms with E-state index in [0.717, 1.165) is 12.0 Å². The summed E-state index contributed by atoms with van der Waals surface area (Å²) in [5.74, 6) is -0.322. The van der Waals surface area contributed by atoms with Crippen molar-refractivity contribution >= 4 is 17.8 Å². The number of benzene rings is 1. The number of carbonyl (C=O) groups excluding carboxylic acids is 3. The van der Waals surface area contributed by atoms with Crippen LogP contribution in [0.1, 0.15) is 18.4 Å². The zero-order valence-electron chi connectivity index (χ0n) is 14.2. The second-order valence-corrected chi connectivity index (χ2v) is 8.08. The van der Waals surface area contributed by atoms with Gasteiger partial charge < -0.3 is 15.7 Å². The lowest BCUT2D eigenvalue weighted by atomic mass is 9.88. The number of hydrogen-bond donors (Lipinski definition) is 4. The molecule has 4 saturated carbocycles. The Labute approximate surface area is 150 Å². The van der Waals surface area contributed by atoms with Crippen LogP contribution >= 0.6 is 0 Å². The number of urea groups is 1. The summed E-state index contributed by atoms with van der Waals surface area (Å²) in [5, 5.41) is 17.9. The molecule has 0 unspecified atom stereocenters. The molecule has 1 aromatic carbocycles. The van der Waals surface area contributed by atoms with Crippen LogP contribution in [0.15, 0.2) is 30.3 Å². The average Bonchev–Trinajstić information content (AvgIpc) is 2.98. The van der Waals surface area contributed by atoms with Crippen molar-refractivity contribution in [3.05, 3.63) is 35.9 Å². The van der Waals surface area contributed by atoms with Crippen LogP contribution in [0.25, 0.3) is 0 Å². The Hall–Kier alpha value is -2.41. The van der Waals surface area contributed by atoms with Crippen molar-refractivity contribution < 1.29 is 19.5 Å². The molecule has 6 atom stereocenters. The first-order valence-electron chi connectivity index (χ1n) is 9.11. The van der Waals surface area contributed by atoms with Crippen LogP contribution in [0.2, 0.25) is 0 Å². The summed E-state index contributed by atoms with van der Waals surface area (Å²) in [6.07, 6.45) is 1.99. The van der Waals surface area contributed by atoms with Gasteiger partial charge in [0.15, 0.2) is 0 Å². The molecule has 5 fully saturated rings. The summed E-state index contributed by atoms with van der Waals surface area (Å²) in [6.45, 7) is -0.141. The van der Waals surface area contributed by atoms with Crippen molar-refractivity contribution in [3.63, 3.8) is 0 Å². The Morgan fingerprint density at radius 1 is 1.31 bits per heavy atom. The predicted octanol–water partition coefficient (Wildman–Crippen LogP) is -0.0596. The van der Waals surface area contributed by atoms with Gasteiger partial charge in [0.1, 0.15) is 5.54 Å². The van der Waals surface area contributed by atoms with Gasteiger partial charge in [-0.05, 0) is 36.7 Å². The molecule has 6 rings (SSSR count). The minimum absolute atomic E-state index is 0.0244. The maximum absolute atomic E-state index is 13.1. The molecular weight excluding hydrogens is 334 g/mol. The molecular formula is C19H21N3O4. The Bertz CT molecular complexity index is 812. The molecule has 4 bridgehead atoms. The van der Waals surface area contributed by atoms with E-state index in [1.165, 1.54) is 0 Å². The van der Waals surface area contributed by atoms with Crippen LogP contribution < -0.4 is 16.0 Å². The third-order valence-corrected chi connectivity index (χ3v) is 6.99. The van der Waals surface area contributed by atoms with E-state index in [9.17, 15) is 19.5 Å². The first kappa shape index (κ1) is 15.8. The van der Waals surface area contributed by atoms with Gasteiger partial charge in [0.25, 0.3) is 5.91 Å². The summed E-state index contributed by atoms with van der Waals surface area (Å²) < 4.78 is 0. The molecule has 5 aliphatic rings. The van der Waals surface area contributed by atoms with Crippen molar-refractivity contribution in [1.29, 1.82) is 0 Å². The minimum Gasteiger partial charge on any atom is -0.394 e. The highest BCUT2D eigenvalue weighted by Gasteiger charge is 2.90. The van der Waals surface area contributed by atoms with Crippen molar-refractivity contribution in [2.24, 2.45) is 23.2 Å². The fraction of sp³-hybridized carbons (Fsp3) is 0.526. The Morgan fingerprint density at radius 3 is 2.69 bits per heavy atom. The molecule has 1 heterocycles. The topological polar surface area (TPSA) is 108 Å². The number of nitrogens with one attached hydrogen (secondary N) is 3. The predicted molar refractivity (Wildman–Crippen MR) is 90.7 cm³/mol. The van der Waals surface area contributed by atoms with E-state index < -0.39 is 17.0 Å². The first-order chi connectivity index (χ1) is 12.5. The highest BCUT2D eigenvalue weighted by atomic mass is 16.3. The van der Waals surface area contributed by atoms with Crippen LogP contribution in [0.4, 0.5) is 4.79 Å². The lowest BCUT2D eigenvalue weighted by molar-refractivity contribution is -0.128. The monoisotopic (exact) mass is 355 g/mol. The average molecular weight is 355 g/mol. The van der Waals surface area contributed by atoms with Gasteiger partial charge >= 0.3 is 6.03 Å². The number of amides is 4. The second-order valence-electron chi connectivity index (χ2n) is 8.08. The van der Waals surface area contributed by atoms with Crippen LogP contribution in [0.3, 0.4) is 0 Å². The largest absolute Gasteiger partial charge is 0.394 e. The zero-order valence-corrected chi connectivity index (χ0v) is 14.2. The van der Waals surface area contributed by atoms with Gasteiger partial charge in [0.05, 0.1) is 18.1 Å². The molecule has 1 aromatic rings. The third-order valence-electron chi connectivity index (χ3n) is 6.99. The maximum Gasteiger partial charge on any atom is 0.322 e. The van der Waals surface area contributed by atoms with Gasteiger partial charge in [-0.2, -0.15) is 0 Å². The number of rotatable bonds is 5. The van der Waals surface area contributed by atoms with E-state index in [-0.39, 0.29) is 42.2 Å². The number of aliphatic hydroxyl groups is 1. The molecule has 7 heteroatoms. The first-order valence-corrected chi connectivity index (χ1v) is 9.11. The van der Waals surface area contributed by atoms with E-state index in [2.05, 4.69) is 16.0 Å². The molecule has 1 saturated heterocycles. The Kier molecular flexibility index (Phi) is 3.08. The van der Waals surface area contributed by atoms with E-state index in [1.807, 2.05) is 30.3 Å². The summed E-state index contributed by atoms with van der Waals surface area (Å²) in [5.41, 5.74) is -0.414. The van der Waals surface area contributed by atoms with Crippen LogP contribution in [-0.4, -0.2) is 41.1 Å². The smallest absolute Gasteiger partial charge is 0.322 e. The normalized spacial score (nSPS) is 39.7. The van der Waals surface area contributed by atoms with Crippen molar-refractivity contribution in [2.75, 3.05) is 6.61 Å². The van der Waals surface area contributed by atoms with Crippen LogP contribution in [0, 0.1) is 23.2 Å². The van der Waals surface area contributed by atoms with Crippen molar-refractivity contribution in [2.45, 2.75) is 30.8 Å². The molecule has 136 valence electrons. The van der Waals surface area contributed by atoms with Gasteiger partial charge in [-0.1, -0.05) is 30.3 Å². The number of carbonyl (C=O) groups is 3. The minimum atomic E-state index is -0.896. The number of aliphatic hydroxyl groups excluding tert-OH is 1. The van der Waals surface area contributed by atoms with Gasteiger partial charge in [-0.3, -0.25) is 14.9 Å². The van der Waals surface area contributed by atoms with Crippen LogP contribution in [-0.2, 0) is 16.0 Å². The quantitative estimate of drug-likeness (QED) is 0.555. The number of hydrogen-bond acceptors (Lipinski definition) is 4. The Morgan fingerprint density at radius 2 is 2.08 bits per heavy atom. The van der Waals surface area contributed by atoms with E-state index in [4.69, 9.17) is 0 Å². The molecule has 4 amide bonds. The third kappa shape index (κ3) is 1.79. The summed E-state index contributed by atoms with van der Waals surface area (Å²) in [6, 6.07) is 8.90. The number of imide groups is 1. The van der Waals surface area contributed by atoms with Crippen molar-refractivity contribution in [3.8, 4) is 0 Å². The van der Waals surface area contributed by atoms with E-state index >= 15 is 0 Å². The molecule has 7 nitrogen and oxygen atoms in total. The van der Waals surface area contributed by atoms with E-state index in [1.54, 1.807) is 0 Å². The summed E-state index contributed by atoms with van der Waals surface area (Å²) in [7, 11) is 0. The molecule has 1 spiro atoms. The molecule has 4 N–H and O–H groups in total. The lowest BCUT2D eigenvalue weighted by Crippen LogP contribution is -2.51. The molecule has 26 heavy (non-hydrogen) atoms. The summed E-state index contributed by atoms with van der Waals surface area (Å²) in [4.78, 5) is 37.1. The SMILES string of the molecule is O=C1NC(=O)[C@]2(N1)[C@H]1C[C@@H]3[C@@H]2[C@]3(C(=O)N[C@@H](CO)Cc2ccccc2)C1. The molecule has 0 aromatic heterocycles. The Balaban J connectivity index is 1.33. The maximum atomic E-state index is 13.1. The summed E-state index contributed by atoms with van der Waals surface area (Å²) >= 11 is 0. The fourth-order valence-electron chi connectivity index (χ4n) is 6.04. The van der Waals surface area contributed by atoms with Gasteiger partial charge in [-0.25, -0.2) is 4.79 Å². The molecule has 0 radical (unpaired) electrons. The van der Waals surface area contributed by atoms with Crippen LogP contribution in [0.5, 0.6) is 0 Å². The van der Waals surface area contributed by atoms with Gasteiger partial charge in [0, 0.05) is 5.92 Å². The van der Waals surface area contributed by atoms with Crippen molar-refractivity contribution in [1.82, 2.24) is 16.0 Å².